The van der Waals surface area contributed by atoms with Crippen molar-refractivity contribution < 1.29 is 9.84 Å². The first kappa shape index (κ1) is 8.52. The number of aliphatic hydroxyl groups excluding tert-OH is 1. The number of rotatable bonds is 3. The van der Waals surface area contributed by atoms with Gasteiger partial charge >= 0.3 is 0 Å². The molecule has 1 atom stereocenters. The normalized spacial score (nSPS) is 13.0. The Labute approximate surface area is 69.4 Å². The molecule has 0 aliphatic carbocycles. The lowest BCUT2D eigenvalue weighted by Crippen LogP contribution is -2.09. The summed E-state index contributed by atoms with van der Waals surface area (Å²) in [5.74, 6) is 0. The predicted octanol–water partition coefficient (Wildman–Crippen LogP) is 0.749. The maximum absolute atomic E-state index is 9.27. The Morgan fingerprint density at radius 3 is 2.91 bits per heavy atom. The van der Waals surface area contributed by atoms with Gasteiger partial charge in [0.15, 0.2) is 5.06 Å². The van der Waals surface area contributed by atoms with Crippen LogP contribution in [0.15, 0.2) is 12.1 Å². The molecule has 0 saturated carbocycles. The standard InChI is InChI=1S/C7H11NO2S/c1-10-7-3-2-6(11-7)5(9)4-8/h2-3,5,9H,4,8H2,1H3. The largest absolute Gasteiger partial charge is 0.487 e. The smallest absolute Gasteiger partial charge is 0.173 e. The van der Waals surface area contributed by atoms with Crippen LogP contribution in [0.3, 0.4) is 0 Å². The van der Waals surface area contributed by atoms with Gasteiger partial charge in [-0.2, -0.15) is 0 Å². The van der Waals surface area contributed by atoms with Crippen molar-refractivity contribution in [2.24, 2.45) is 5.73 Å². The van der Waals surface area contributed by atoms with Gasteiger partial charge in [-0.1, -0.05) is 0 Å². The van der Waals surface area contributed by atoms with Crippen LogP contribution < -0.4 is 10.5 Å². The lowest BCUT2D eigenvalue weighted by atomic mass is 10.3. The average molecular weight is 173 g/mol. The van der Waals surface area contributed by atoms with E-state index in [0.29, 0.717) is 0 Å². The SMILES string of the molecule is COc1ccc(C(O)CN)s1. The van der Waals surface area contributed by atoms with Gasteiger partial charge in [0.2, 0.25) is 0 Å². The molecular formula is C7H11NO2S. The van der Waals surface area contributed by atoms with E-state index in [2.05, 4.69) is 0 Å². The second-order valence-corrected chi connectivity index (χ2v) is 3.19. The molecule has 0 bridgehead atoms. The first-order valence-electron chi connectivity index (χ1n) is 3.29. The van der Waals surface area contributed by atoms with Gasteiger partial charge in [-0.05, 0) is 12.1 Å². The molecule has 62 valence electrons. The van der Waals surface area contributed by atoms with Crippen molar-refractivity contribution in [1.82, 2.24) is 0 Å². The van der Waals surface area contributed by atoms with Crippen LogP contribution in [0.2, 0.25) is 0 Å². The first-order valence-corrected chi connectivity index (χ1v) is 4.11. The second kappa shape index (κ2) is 3.71. The molecular weight excluding hydrogens is 162 g/mol. The molecule has 3 N–H and O–H groups in total. The maximum atomic E-state index is 9.27. The average Bonchev–Trinajstić information content (AvgIpc) is 2.50. The van der Waals surface area contributed by atoms with Crippen LogP contribution in [0.4, 0.5) is 0 Å². The van der Waals surface area contributed by atoms with Crippen molar-refractivity contribution >= 4 is 11.3 Å². The topological polar surface area (TPSA) is 55.5 Å². The molecule has 1 unspecified atom stereocenters. The molecule has 0 spiro atoms. The predicted molar refractivity (Wildman–Crippen MR) is 44.9 cm³/mol. The maximum Gasteiger partial charge on any atom is 0.173 e. The molecule has 0 aliphatic rings. The highest BCUT2D eigenvalue weighted by Crippen LogP contribution is 2.27. The van der Waals surface area contributed by atoms with Gasteiger partial charge in [0.1, 0.15) is 6.10 Å². The molecule has 11 heavy (non-hydrogen) atoms. The molecule has 1 aromatic rings. The third kappa shape index (κ3) is 1.92. The molecule has 4 heteroatoms. The number of ether oxygens (including phenoxy) is 1. The summed E-state index contributed by atoms with van der Waals surface area (Å²) >= 11 is 1.41. The molecule has 0 fully saturated rings. The Morgan fingerprint density at radius 2 is 2.45 bits per heavy atom. The van der Waals surface area contributed by atoms with Crippen molar-refractivity contribution in [2.75, 3.05) is 13.7 Å². The zero-order chi connectivity index (χ0) is 8.27. The summed E-state index contributed by atoms with van der Waals surface area (Å²) in [6, 6.07) is 3.64. The van der Waals surface area contributed by atoms with E-state index < -0.39 is 6.10 Å². The number of thiophene rings is 1. The van der Waals surface area contributed by atoms with Crippen LogP contribution in [-0.4, -0.2) is 18.8 Å². The van der Waals surface area contributed by atoms with E-state index in [0.717, 1.165) is 9.94 Å². The molecule has 0 saturated heterocycles. The summed E-state index contributed by atoms with van der Waals surface area (Å²) in [5.41, 5.74) is 5.27. The van der Waals surface area contributed by atoms with Crippen LogP contribution in [0.5, 0.6) is 5.06 Å². The van der Waals surface area contributed by atoms with Crippen molar-refractivity contribution in [3.05, 3.63) is 17.0 Å². The highest BCUT2D eigenvalue weighted by atomic mass is 32.1. The van der Waals surface area contributed by atoms with Gasteiger partial charge in [-0.25, -0.2) is 0 Å². The van der Waals surface area contributed by atoms with Gasteiger partial charge in [-0.15, -0.1) is 11.3 Å². The number of methoxy groups -OCH3 is 1. The van der Waals surface area contributed by atoms with Crippen molar-refractivity contribution in [3.8, 4) is 5.06 Å². The van der Waals surface area contributed by atoms with E-state index in [1.54, 1.807) is 7.11 Å². The van der Waals surface area contributed by atoms with E-state index in [4.69, 9.17) is 10.5 Å². The molecule has 1 rings (SSSR count). The molecule has 1 heterocycles. The van der Waals surface area contributed by atoms with Crippen LogP contribution >= 0.6 is 11.3 Å². The third-order valence-electron chi connectivity index (χ3n) is 1.35. The van der Waals surface area contributed by atoms with Gasteiger partial charge in [-0.3, -0.25) is 0 Å². The lowest BCUT2D eigenvalue weighted by Gasteiger charge is -2.01. The number of hydrogen-bond acceptors (Lipinski definition) is 4. The lowest BCUT2D eigenvalue weighted by molar-refractivity contribution is 0.190. The number of nitrogens with two attached hydrogens (primary N) is 1. The zero-order valence-electron chi connectivity index (χ0n) is 6.28. The Morgan fingerprint density at radius 1 is 1.73 bits per heavy atom. The first-order chi connectivity index (χ1) is 5.27. The van der Waals surface area contributed by atoms with E-state index in [1.807, 2.05) is 12.1 Å². The third-order valence-corrected chi connectivity index (χ3v) is 2.50. The zero-order valence-corrected chi connectivity index (χ0v) is 7.10. The molecule has 0 aliphatic heterocycles. The fraction of sp³-hybridized carbons (Fsp3) is 0.429. The monoisotopic (exact) mass is 173 g/mol. The number of hydrogen-bond donors (Lipinski definition) is 2. The van der Waals surface area contributed by atoms with Crippen molar-refractivity contribution in [1.29, 1.82) is 0 Å². The number of aliphatic hydroxyl groups is 1. The van der Waals surface area contributed by atoms with Crippen LogP contribution in [0.1, 0.15) is 11.0 Å². The molecule has 0 aromatic carbocycles. The van der Waals surface area contributed by atoms with Crippen LogP contribution in [0, 0.1) is 0 Å². The van der Waals surface area contributed by atoms with E-state index in [1.165, 1.54) is 11.3 Å². The minimum atomic E-state index is -0.552. The van der Waals surface area contributed by atoms with Crippen molar-refractivity contribution in [2.45, 2.75) is 6.10 Å². The van der Waals surface area contributed by atoms with Gasteiger partial charge in [0, 0.05) is 11.4 Å². The summed E-state index contributed by atoms with van der Waals surface area (Å²) in [6.07, 6.45) is -0.552. The van der Waals surface area contributed by atoms with Crippen LogP contribution in [0.25, 0.3) is 0 Å². The molecule has 0 radical (unpaired) electrons. The summed E-state index contributed by atoms with van der Waals surface area (Å²) in [4.78, 5) is 0.851. The summed E-state index contributed by atoms with van der Waals surface area (Å²) in [5, 5.41) is 10.1. The molecule has 0 amide bonds. The Hall–Kier alpha value is -0.580. The minimum absolute atomic E-state index is 0.254. The summed E-state index contributed by atoms with van der Waals surface area (Å²) < 4.78 is 4.96. The van der Waals surface area contributed by atoms with Crippen molar-refractivity contribution in [3.63, 3.8) is 0 Å². The Kier molecular flexibility index (Phi) is 2.87. The van der Waals surface area contributed by atoms with Gasteiger partial charge < -0.3 is 15.6 Å². The Bertz CT molecular complexity index is 224. The summed E-state index contributed by atoms with van der Waals surface area (Å²) in [7, 11) is 1.60. The van der Waals surface area contributed by atoms with Gasteiger partial charge in [0.25, 0.3) is 0 Å². The molecule has 3 nitrogen and oxygen atoms in total. The fourth-order valence-electron chi connectivity index (χ4n) is 0.739. The minimum Gasteiger partial charge on any atom is -0.487 e. The quantitative estimate of drug-likeness (QED) is 0.709. The summed E-state index contributed by atoms with van der Waals surface area (Å²) in [6.45, 7) is 0.254. The van der Waals surface area contributed by atoms with E-state index in [-0.39, 0.29) is 6.54 Å². The van der Waals surface area contributed by atoms with E-state index in [9.17, 15) is 5.11 Å². The second-order valence-electron chi connectivity index (χ2n) is 2.11. The van der Waals surface area contributed by atoms with Gasteiger partial charge in [0.05, 0.1) is 7.11 Å². The van der Waals surface area contributed by atoms with Crippen LogP contribution in [-0.2, 0) is 0 Å². The molecule has 1 aromatic heterocycles. The highest BCUT2D eigenvalue weighted by molar-refractivity contribution is 7.13. The fourth-order valence-corrected chi connectivity index (χ4v) is 1.56. The van der Waals surface area contributed by atoms with E-state index >= 15 is 0 Å². The Balaban J connectivity index is 2.71. The highest BCUT2D eigenvalue weighted by Gasteiger charge is 2.07.